The highest BCUT2D eigenvalue weighted by molar-refractivity contribution is 5.38. The van der Waals surface area contributed by atoms with Gasteiger partial charge in [-0.3, -0.25) is 0 Å². The van der Waals surface area contributed by atoms with Gasteiger partial charge in [0, 0.05) is 13.5 Å². The summed E-state index contributed by atoms with van der Waals surface area (Å²) >= 11 is 0. The van der Waals surface area contributed by atoms with E-state index in [9.17, 15) is 5.11 Å². The summed E-state index contributed by atoms with van der Waals surface area (Å²) in [5, 5.41) is 9.48. The van der Waals surface area contributed by atoms with Crippen LogP contribution in [0.2, 0.25) is 0 Å². The van der Waals surface area contributed by atoms with Gasteiger partial charge in [0.25, 0.3) is 0 Å². The molecule has 0 aliphatic heterocycles. The number of ether oxygens (including phenoxy) is 2. The first-order valence-electron chi connectivity index (χ1n) is 5.57. The fraction of sp³-hybridized carbons (Fsp3) is 0.538. The lowest BCUT2D eigenvalue weighted by Crippen LogP contribution is -2.54. The molecule has 1 fully saturated rings. The number of rotatable bonds is 3. The molecule has 2 rings (SSSR count). The molecule has 0 amide bonds. The molecule has 1 aliphatic carbocycles. The van der Waals surface area contributed by atoms with Gasteiger partial charge in [-0.1, -0.05) is 12.1 Å². The molecule has 1 aromatic rings. The van der Waals surface area contributed by atoms with Gasteiger partial charge in [0.05, 0.1) is 6.10 Å². The van der Waals surface area contributed by atoms with E-state index < -0.39 is 0 Å². The molecule has 3 nitrogen and oxygen atoms in total. The number of hydrogen-bond acceptors (Lipinski definition) is 3. The number of hydrogen-bond donors (Lipinski definition) is 1. The van der Waals surface area contributed by atoms with E-state index in [-0.39, 0.29) is 18.3 Å². The standard InChI is InChI=1S/C13H18O3/c1-8-5-4-6-11(9(8)2)16-12-7-10(14)13(12)15-3/h4-6,10,12-14H,7H2,1-3H3. The first-order chi connectivity index (χ1) is 7.63. The van der Waals surface area contributed by atoms with Crippen LogP contribution in [0.25, 0.3) is 0 Å². The van der Waals surface area contributed by atoms with Crippen LogP contribution < -0.4 is 4.74 Å². The van der Waals surface area contributed by atoms with Crippen LogP contribution in [-0.2, 0) is 4.74 Å². The summed E-state index contributed by atoms with van der Waals surface area (Å²) in [6, 6.07) is 6.00. The quantitative estimate of drug-likeness (QED) is 0.848. The molecule has 0 bridgehead atoms. The molecule has 88 valence electrons. The maximum atomic E-state index is 9.48. The SMILES string of the molecule is COC1C(O)CC1Oc1cccc(C)c1C. The second-order valence-electron chi connectivity index (χ2n) is 4.36. The van der Waals surface area contributed by atoms with Crippen molar-refractivity contribution in [1.29, 1.82) is 0 Å². The number of aliphatic hydroxyl groups is 1. The molecule has 3 unspecified atom stereocenters. The minimum atomic E-state index is -0.389. The van der Waals surface area contributed by atoms with Crippen molar-refractivity contribution in [3.8, 4) is 5.75 Å². The molecule has 0 heterocycles. The largest absolute Gasteiger partial charge is 0.487 e. The Morgan fingerprint density at radius 2 is 2.06 bits per heavy atom. The third kappa shape index (κ3) is 1.93. The maximum Gasteiger partial charge on any atom is 0.130 e. The Morgan fingerprint density at radius 3 is 2.69 bits per heavy atom. The van der Waals surface area contributed by atoms with Crippen molar-refractivity contribution in [3.05, 3.63) is 29.3 Å². The molecule has 16 heavy (non-hydrogen) atoms. The van der Waals surface area contributed by atoms with Crippen LogP contribution in [0.5, 0.6) is 5.75 Å². The van der Waals surface area contributed by atoms with E-state index in [1.807, 2.05) is 19.1 Å². The first kappa shape index (κ1) is 11.4. The second-order valence-corrected chi connectivity index (χ2v) is 4.36. The van der Waals surface area contributed by atoms with Gasteiger partial charge in [-0.15, -0.1) is 0 Å². The minimum absolute atomic E-state index is 0.0273. The highest BCUT2D eigenvalue weighted by atomic mass is 16.6. The van der Waals surface area contributed by atoms with Crippen LogP contribution in [-0.4, -0.2) is 30.5 Å². The van der Waals surface area contributed by atoms with Crippen molar-refractivity contribution in [2.45, 2.75) is 38.6 Å². The highest BCUT2D eigenvalue weighted by Gasteiger charge is 2.42. The normalized spacial score (nSPS) is 28.6. The summed E-state index contributed by atoms with van der Waals surface area (Å²) in [7, 11) is 1.60. The Labute approximate surface area is 96.0 Å². The zero-order valence-corrected chi connectivity index (χ0v) is 9.93. The Hall–Kier alpha value is -1.06. The van der Waals surface area contributed by atoms with Gasteiger partial charge in [-0.05, 0) is 31.0 Å². The van der Waals surface area contributed by atoms with E-state index in [1.165, 1.54) is 5.56 Å². The lowest BCUT2D eigenvalue weighted by molar-refractivity contribution is -0.149. The molecular weight excluding hydrogens is 204 g/mol. The van der Waals surface area contributed by atoms with E-state index in [1.54, 1.807) is 7.11 Å². The zero-order chi connectivity index (χ0) is 11.7. The van der Waals surface area contributed by atoms with Crippen LogP contribution in [0.4, 0.5) is 0 Å². The molecule has 0 saturated heterocycles. The van der Waals surface area contributed by atoms with Crippen LogP contribution in [0, 0.1) is 13.8 Å². The van der Waals surface area contributed by atoms with Crippen molar-refractivity contribution >= 4 is 0 Å². The lowest BCUT2D eigenvalue weighted by Gasteiger charge is -2.40. The van der Waals surface area contributed by atoms with Gasteiger partial charge in [-0.2, -0.15) is 0 Å². The van der Waals surface area contributed by atoms with Gasteiger partial charge in [0.2, 0.25) is 0 Å². The summed E-state index contributed by atoms with van der Waals surface area (Å²) in [6.07, 6.45) is 0.0341. The third-order valence-corrected chi connectivity index (χ3v) is 3.32. The Kier molecular flexibility index (Phi) is 3.17. The van der Waals surface area contributed by atoms with Crippen LogP contribution in [0.3, 0.4) is 0 Å². The predicted octanol–water partition coefficient (Wildman–Crippen LogP) is 1.83. The van der Waals surface area contributed by atoms with Gasteiger partial charge in [0.1, 0.15) is 18.0 Å². The number of aliphatic hydroxyl groups excluding tert-OH is 1. The van der Waals surface area contributed by atoms with Crippen molar-refractivity contribution < 1.29 is 14.6 Å². The summed E-state index contributed by atoms with van der Waals surface area (Å²) in [5.41, 5.74) is 2.37. The maximum absolute atomic E-state index is 9.48. The molecular formula is C13H18O3. The molecule has 1 aliphatic rings. The van der Waals surface area contributed by atoms with Gasteiger partial charge in [0.15, 0.2) is 0 Å². The van der Waals surface area contributed by atoms with Crippen molar-refractivity contribution in [1.82, 2.24) is 0 Å². The Balaban J connectivity index is 2.07. The number of aryl methyl sites for hydroxylation is 1. The predicted molar refractivity (Wildman–Crippen MR) is 61.8 cm³/mol. The van der Waals surface area contributed by atoms with Crippen LogP contribution >= 0.6 is 0 Å². The van der Waals surface area contributed by atoms with E-state index in [4.69, 9.17) is 9.47 Å². The second kappa shape index (κ2) is 4.44. The van der Waals surface area contributed by atoms with E-state index >= 15 is 0 Å². The van der Waals surface area contributed by atoms with Crippen molar-refractivity contribution in [2.24, 2.45) is 0 Å². The fourth-order valence-electron chi connectivity index (χ4n) is 2.00. The molecule has 1 saturated carbocycles. The van der Waals surface area contributed by atoms with E-state index in [0.29, 0.717) is 6.42 Å². The molecule has 0 aromatic heterocycles. The molecule has 0 spiro atoms. The topological polar surface area (TPSA) is 38.7 Å². The smallest absolute Gasteiger partial charge is 0.130 e. The zero-order valence-electron chi connectivity index (χ0n) is 9.93. The third-order valence-electron chi connectivity index (χ3n) is 3.32. The molecule has 1 aromatic carbocycles. The molecule has 1 N–H and O–H groups in total. The van der Waals surface area contributed by atoms with Crippen LogP contribution in [0.1, 0.15) is 17.5 Å². The first-order valence-corrected chi connectivity index (χ1v) is 5.57. The average Bonchev–Trinajstić information content (AvgIpc) is 2.24. The fourth-order valence-corrected chi connectivity index (χ4v) is 2.00. The number of methoxy groups -OCH3 is 1. The molecule has 0 radical (unpaired) electrons. The monoisotopic (exact) mass is 222 g/mol. The van der Waals surface area contributed by atoms with Gasteiger partial charge >= 0.3 is 0 Å². The summed E-state index contributed by atoms with van der Waals surface area (Å²) in [5.74, 6) is 0.888. The molecule has 3 atom stereocenters. The summed E-state index contributed by atoms with van der Waals surface area (Å²) in [4.78, 5) is 0. The van der Waals surface area contributed by atoms with Crippen molar-refractivity contribution in [2.75, 3.05) is 7.11 Å². The van der Waals surface area contributed by atoms with Gasteiger partial charge < -0.3 is 14.6 Å². The summed E-state index contributed by atoms with van der Waals surface area (Å²) in [6.45, 7) is 4.10. The van der Waals surface area contributed by atoms with Crippen molar-refractivity contribution in [3.63, 3.8) is 0 Å². The minimum Gasteiger partial charge on any atom is -0.487 e. The highest BCUT2D eigenvalue weighted by Crippen LogP contribution is 2.30. The summed E-state index contributed by atoms with van der Waals surface area (Å²) < 4.78 is 11.0. The average molecular weight is 222 g/mol. The molecule has 3 heteroatoms. The van der Waals surface area contributed by atoms with Gasteiger partial charge in [-0.25, -0.2) is 0 Å². The van der Waals surface area contributed by atoms with E-state index in [2.05, 4.69) is 13.0 Å². The van der Waals surface area contributed by atoms with Crippen LogP contribution in [0.15, 0.2) is 18.2 Å². The lowest BCUT2D eigenvalue weighted by atomic mass is 9.88. The number of benzene rings is 1. The van der Waals surface area contributed by atoms with E-state index in [0.717, 1.165) is 11.3 Å². The Morgan fingerprint density at radius 1 is 1.31 bits per heavy atom. The Bertz CT molecular complexity index is 375.